The van der Waals surface area contributed by atoms with E-state index in [-0.39, 0.29) is 0 Å². The molecule has 0 unspecified atom stereocenters. The van der Waals surface area contributed by atoms with E-state index < -0.39 is 0 Å². The zero-order valence-corrected chi connectivity index (χ0v) is 13.2. The Morgan fingerprint density at radius 1 is 1.14 bits per heavy atom. The molecule has 0 saturated carbocycles. The van der Waals surface area contributed by atoms with Crippen molar-refractivity contribution in [2.24, 2.45) is 0 Å². The van der Waals surface area contributed by atoms with Gasteiger partial charge in [-0.15, -0.1) is 0 Å². The van der Waals surface area contributed by atoms with Crippen LogP contribution in [0.15, 0.2) is 42.5 Å². The first-order chi connectivity index (χ1) is 10.1. The van der Waals surface area contributed by atoms with Crippen LogP contribution in [0.25, 0.3) is 11.0 Å². The number of fused-ring (bicyclic) bond motifs is 1. The minimum absolute atomic E-state index is 0.744. The van der Waals surface area contributed by atoms with Crippen LogP contribution in [0.4, 0.5) is 5.69 Å². The minimum atomic E-state index is 0.744. The lowest BCUT2D eigenvalue weighted by molar-refractivity contribution is 1.13. The van der Waals surface area contributed by atoms with Crippen LogP contribution in [0.5, 0.6) is 0 Å². The summed E-state index contributed by atoms with van der Waals surface area (Å²) >= 11 is 5.65. The van der Waals surface area contributed by atoms with E-state index in [0.29, 0.717) is 0 Å². The molecule has 1 N–H and O–H groups in total. The number of para-hydroxylation sites is 1. The summed E-state index contributed by atoms with van der Waals surface area (Å²) in [4.78, 5) is 10.8. The smallest absolute Gasteiger partial charge is 0.150 e. The lowest BCUT2D eigenvalue weighted by Crippen LogP contribution is -2.14. The number of hydrogen-bond donors (Lipinski definition) is 1. The highest BCUT2D eigenvalue weighted by molar-refractivity contribution is 7.81. The molecule has 0 aliphatic carbocycles. The summed E-state index contributed by atoms with van der Waals surface area (Å²) in [5, 5.41) is 0. The van der Waals surface area contributed by atoms with Gasteiger partial charge in [0.1, 0.15) is 5.82 Å². The summed E-state index contributed by atoms with van der Waals surface area (Å²) in [6.07, 6.45) is 0. The molecule has 0 radical (unpaired) electrons. The van der Waals surface area contributed by atoms with Gasteiger partial charge in [0.2, 0.25) is 0 Å². The zero-order chi connectivity index (χ0) is 15.0. The number of imidazole rings is 1. The molecular weight excluding hydrogens is 278 g/mol. The number of H-pyrrole nitrogens is 1. The van der Waals surface area contributed by atoms with E-state index in [4.69, 9.17) is 12.2 Å². The average Bonchev–Trinajstić information content (AvgIpc) is 2.89. The van der Waals surface area contributed by atoms with E-state index in [0.717, 1.165) is 33.0 Å². The van der Waals surface area contributed by atoms with Crippen molar-refractivity contribution >= 4 is 33.8 Å². The Balaban J connectivity index is 2.08. The van der Waals surface area contributed by atoms with Crippen molar-refractivity contribution in [2.45, 2.75) is 6.92 Å². The van der Waals surface area contributed by atoms with Gasteiger partial charge in [0.25, 0.3) is 0 Å². The summed E-state index contributed by atoms with van der Waals surface area (Å²) < 4.78 is 0. The van der Waals surface area contributed by atoms with Crippen molar-refractivity contribution in [3.8, 4) is 0 Å². The predicted octanol–water partition coefficient (Wildman–Crippen LogP) is 3.70. The van der Waals surface area contributed by atoms with E-state index >= 15 is 0 Å². The summed E-state index contributed by atoms with van der Waals surface area (Å²) in [7, 11) is 4.03. The average molecular weight is 295 g/mol. The Morgan fingerprint density at radius 3 is 2.67 bits per heavy atom. The molecule has 0 saturated heterocycles. The molecule has 3 rings (SSSR count). The molecule has 0 fully saturated rings. The monoisotopic (exact) mass is 295 g/mol. The molecule has 3 aromatic rings. The first-order valence-electron chi connectivity index (χ1n) is 6.83. The van der Waals surface area contributed by atoms with E-state index in [9.17, 15) is 0 Å². The van der Waals surface area contributed by atoms with Crippen LogP contribution in [0.2, 0.25) is 0 Å². The Morgan fingerprint density at radius 2 is 1.90 bits per heavy atom. The molecule has 21 heavy (non-hydrogen) atoms. The number of anilines is 1. The van der Waals surface area contributed by atoms with E-state index in [2.05, 4.69) is 40.0 Å². The topological polar surface area (TPSA) is 31.9 Å². The number of rotatable bonds is 3. The Kier molecular flexibility index (Phi) is 3.47. The lowest BCUT2D eigenvalue weighted by atomic mass is 10.1. The fraction of sp³-hybridized carbons (Fsp3) is 0.176. The minimum Gasteiger partial charge on any atom is -0.377 e. The molecule has 106 valence electrons. The molecule has 2 aromatic carbocycles. The quantitative estimate of drug-likeness (QED) is 0.590. The Hall–Kier alpha value is -2.20. The van der Waals surface area contributed by atoms with Gasteiger partial charge in [0, 0.05) is 25.3 Å². The predicted molar refractivity (Wildman–Crippen MR) is 92.4 cm³/mol. The third-order valence-corrected chi connectivity index (χ3v) is 3.90. The molecule has 0 spiro atoms. The first-order valence-corrected chi connectivity index (χ1v) is 7.24. The Bertz CT molecular complexity index is 818. The fourth-order valence-electron chi connectivity index (χ4n) is 2.41. The van der Waals surface area contributed by atoms with E-state index in [1.807, 2.05) is 38.4 Å². The molecular formula is C17H17N3S. The van der Waals surface area contributed by atoms with Crippen molar-refractivity contribution in [1.29, 1.82) is 0 Å². The van der Waals surface area contributed by atoms with Gasteiger partial charge in [0.15, 0.2) is 0 Å². The zero-order valence-electron chi connectivity index (χ0n) is 12.3. The molecule has 0 atom stereocenters. The number of hydrogen-bond acceptors (Lipinski definition) is 3. The van der Waals surface area contributed by atoms with Crippen LogP contribution in [-0.4, -0.2) is 28.9 Å². The molecule has 0 aliphatic heterocycles. The van der Waals surface area contributed by atoms with Crippen LogP contribution in [-0.2, 0) is 0 Å². The third-order valence-electron chi connectivity index (χ3n) is 3.48. The molecule has 0 amide bonds. The van der Waals surface area contributed by atoms with E-state index in [1.165, 1.54) is 5.56 Å². The van der Waals surface area contributed by atoms with Crippen LogP contribution < -0.4 is 4.90 Å². The van der Waals surface area contributed by atoms with Crippen LogP contribution >= 0.6 is 12.2 Å². The van der Waals surface area contributed by atoms with Gasteiger partial charge in [-0.05, 0) is 30.7 Å². The van der Waals surface area contributed by atoms with Gasteiger partial charge in [-0.3, -0.25) is 0 Å². The van der Waals surface area contributed by atoms with Gasteiger partial charge in [-0.25, -0.2) is 4.98 Å². The van der Waals surface area contributed by atoms with Crippen molar-refractivity contribution < 1.29 is 0 Å². The van der Waals surface area contributed by atoms with Crippen LogP contribution in [0, 0.1) is 6.92 Å². The highest BCUT2D eigenvalue weighted by atomic mass is 32.1. The summed E-state index contributed by atoms with van der Waals surface area (Å²) in [6, 6.07) is 14.3. The first kappa shape index (κ1) is 13.8. The fourth-order valence-corrected chi connectivity index (χ4v) is 2.68. The van der Waals surface area contributed by atoms with Crippen molar-refractivity contribution in [2.75, 3.05) is 19.0 Å². The highest BCUT2D eigenvalue weighted by Crippen LogP contribution is 2.23. The third kappa shape index (κ3) is 2.54. The normalized spacial score (nSPS) is 10.8. The van der Waals surface area contributed by atoms with Gasteiger partial charge < -0.3 is 9.88 Å². The van der Waals surface area contributed by atoms with Crippen molar-refractivity contribution in [3.05, 3.63) is 59.4 Å². The molecule has 0 aliphatic rings. The number of thiocarbonyl (C=S) groups is 1. The standard InChI is InChI=1S/C17H17N3S/c1-11-8-9-13-14(10-11)19-17(18-13)16(21)12-6-4-5-7-15(12)20(2)3/h4-10H,1-3H3,(H,18,19). The maximum Gasteiger partial charge on any atom is 0.150 e. The van der Waals surface area contributed by atoms with Crippen molar-refractivity contribution in [3.63, 3.8) is 0 Å². The number of aromatic nitrogens is 2. The highest BCUT2D eigenvalue weighted by Gasteiger charge is 2.14. The largest absolute Gasteiger partial charge is 0.377 e. The number of aromatic amines is 1. The molecule has 0 bridgehead atoms. The number of nitrogens with one attached hydrogen (secondary N) is 1. The van der Waals surface area contributed by atoms with Crippen LogP contribution in [0.1, 0.15) is 17.0 Å². The summed E-state index contributed by atoms with van der Waals surface area (Å²) in [5.41, 5.74) is 5.29. The maximum absolute atomic E-state index is 5.65. The van der Waals surface area contributed by atoms with Crippen molar-refractivity contribution in [1.82, 2.24) is 9.97 Å². The number of aryl methyl sites for hydroxylation is 1. The Labute approximate surface area is 129 Å². The molecule has 1 heterocycles. The van der Waals surface area contributed by atoms with Gasteiger partial charge >= 0.3 is 0 Å². The number of benzene rings is 2. The lowest BCUT2D eigenvalue weighted by Gasteiger charge is -2.17. The SMILES string of the molecule is Cc1ccc2nc(C(=S)c3ccccc3N(C)C)[nH]c2c1. The molecule has 4 heteroatoms. The van der Waals surface area contributed by atoms with E-state index in [1.54, 1.807) is 0 Å². The molecule has 3 nitrogen and oxygen atoms in total. The second kappa shape index (κ2) is 5.30. The second-order valence-electron chi connectivity index (χ2n) is 5.35. The summed E-state index contributed by atoms with van der Waals surface area (Å²) in [5.74, 6) is 0.750. The van der Waals surface area contributed by atoms with Gasteiger partial charge in [-0.1, -0.05) is 36.5 Å². The maximum atomic E-state index is 5.65. The second-order valence-corrected chi connectivity index (χ2v) is 5.75. The van der Waals surface area contributed by atoms with Gasteiger partial charge in [0.05, 0.1) is 15.9 Å². The summed E-state index contributed by atoms with van der Waals surface area (Å²) in [6.45, 7) is 2.07. The number of nitrogens with zero attached hydrogens (tertiary/aromatic N) is 2. The van der Waals surface area contributed by atoms with Gasteiger partial charge in [-0.2, -0.15) is 0 Å². The molecule has 1 aromatic heterocycles. The van der Waals surface area contributed by atoms with Crippen LogP contribution in [0.3, 0.4) is 0 Å².